The van der Waals surface area contributed by atoms with Crippen LogP contribution < -0.4 is 10.1 Å². The molecule has 0 unspecified atom stereocenters. The minimum atomic E-state index is -0.0810. The highest BCUT2D eigenvalue weighted by Crippen LogP contribution is 2.28. The van der Waals surface area contributed by atoms with Gasteiger partial charge in [0.15, 0.2) is 0 Å². The van der Waals surface area contributed by atoms with Crippen molar-refractivity contribution in [2.45, 2.75) is 26.9 Å². The minimum Gasteiger partial charge on any atom is -0.497 e. The number of hydrogen-bond donors (Lipinski definition) is 1. The first-order valence-electron chi connectivity index (χ1n) is 8.24. The van der Waals surface area contributed by atoms with Crippen molar-refractivity contribution in [2.24, 2.45) is 0 Å². The molecule has 4 nitrogen and oxygen atoms in total. The second kappa shape index (κ2) is 7.19. The normalized spacial score (nSPS) is 10.9. The number of hydrogen-bond acceptors (Lipinski definition) is 2. The molecule has 0 atom stereocenters. The zero-order chi connectivity index (χ0) is 18.0. The van der Waals surface area contributed by atoms with E-state index in [0.717, 1.165) is 34.3 Å². The van der Waals surface area contributed by atoms with Crippen LogP contribution in [0.2, 0.25) is 5.02 Å². The molecule has 0 fully saturated rings. The molecular weight excluding hydrogens is 336 g/mol. The van der Waals surface area contributed by atoms with E-state index < -0.39 is 0 Å². The molecule has 0 spiro atoms. The Morgan fingerprint density at radius 3 is 2.56 bits per heavy atom. The molecule has 1 amide bonds. The van der Waals surface area contributed by atoms with Crippen molar-refractivity contribution >= 4 is 28.4 Å². The highest BCUT2D eigenvalue weighted by Gasteiger charge is 2.19. The number of benzene rings is 2. The summed E-state index contributed by atoms with van der Waals surface area (Å²) < 4.78 is 7.18. The largest absolute Gasteiger partial charge is 0.497 e. The quantitative estimate of drug-likeness (QED) is 0.728. The summed E-state index contributed by atoms with van der Waals surface area (Å²) in [5, 5.41) is 4.70. The maximum atomic E-state index is 12.8. The van der Waals surface area contributed by atoms with E-state index in [0.29, 0.717) is 17.3 Å². The second-order valence-corrected chi connectivity index (χ2v) is 6.35. The molecule has 0 aliphatic rings. The topological polar surface area (TPSA) is 43.3 Å². The van der Waals surface area contributed by atoms with Crippen molar-refractivity contribution in [3.63, 3.8) is 0 Å². The van der Waals surface area contributed by atoms with Crippen molar-refractivity contribution in [1.29, 1.82) is 0 Å². The molecule has 0 aliphatic carbocycles. The summed E-state index contributed by atoms with van der Waals surface area (Å²) in [6.07, 6.45) is 0. The molecule has 3 aromatic rings. The van der Waals surface area contributed by atoms with Gasteiger partial charge in [-0.3, -0.25) is 4.79 Å². The lowest BCUT2D eigenvalue weighted by Gasteiger charge is -2.10. The smallest absolute Gasteiger partial charge is 0.268 e. The lowest BCUT2D eigenvalue weighted by atomic mass is 10.1. The van der Waals surface area contributed by atoms with Gasteiger partial charge >= 0.3 is 0 Å². The van der Waals surface area contributed by atoms with Crippen LogP contribution in [0.1, 0.15) is 28.5 Å². The number of rotatable bonds is 5. The maximum Gasteiger partial charge on any atom is 0.268 e. The van der Waals surface area contributed by atoms with E-state index in [1.165, 1.54) is 0 Å². The molecule has 1 N–H and O–H groups in total. The Morgan fingerprint density at radius 2 is 1.92 bits per heavy atom. The van der Waals surface area contributed by atoms with Crippen molar-refractivity contribution in [3.05, 3.63) is 64.3 Å². The van der Waals surface area contributed by atoms with E-state index in [1.807, 2.05) is 60.9 Å². The van der Waals surface area contributed by atoms with Gasteiger partial charge in [0.25, 0.3) is 5.91 Å². The first-order valence-corrected chi connectivity index (χ1v) is 8.62. The fourth-order valence-electron chi connectivity index (χ4n) is 3.13. The lowest BCUT2D eigenvalue weighted by Crippen LogP contribution is -2.26. The molecule has 0 bridgehead atoms. The third-order valence-corrected chi connectivity index (χ3v) is 4.66. The molecule has 1 aromatic heterocycles. The molecular formula is C20H21ClN2O2. The van der Waals surface area contributed by atoms with Crippen LogP contribution >= 0.6 is 11.6 Å². The monoisotopic (exact) mass is 356 g/mol. The molecule has 0 saturated carbocycles. The zero-order valence-electron chi connectivity index (χ0n) is 14.6. The van der Waals surface area contributed by atoms with Gasteiger partial charge in [0.05, 0.1) is 7.11 Å². The predicted octanol–water partition coefficient (Wildman–Crippen LogP) is 4.56. The SMILES string of the molecule is CCn1c(C(=O)NCc2ccc(OC)cc2)c(C)c2cc(Cl)ccc21. The van der Waals surface area contributed by atoms with Gasteiger partial charge in [0.1, 0.15) is 11.4 Å². The summed E-state index contributed by atoms with van der Waals surface area (Å²) in [7, 11) is 1.63. The van der Waals surface area contributed by atoms with Crippen LogP contribution in [0.3, 0.4) is 0 Å². The number of aromatic nitrogens is 1. The fourth-order valence-corrected chi connectivity index (χ4v) is 3.30. The van der Waals surface area contributed by atoms with E-state index in [1.54, 1.807) is 7.11 Å². The first kappa shape index (κ1) is 17.4. The molecule has 0 radical (unpaired) electrons. The number of carbonyl (C=O) groups excluding carboxylic acids is 1. The van der Waals surface area contributed by atoms with Gasteiger partial charge in [-0.1, -0.05) is 23.7 Å². The summed E-state index contributed by atoms with van der Waals surface area (Å²) in [5.41, 5.74) is 3.69. The zero-order valence-corrected chi connectivity index (χ0v) is 15.4. The Bertz CT molecular complexity index is 914. The van der Waals surface area contributed by atoms with E-state index in [4.69, 9.17) is 16.3 Å². The van der Waals surface area contributed by atoms with Crippen LogP contribution in [0.25, 0.3) is 10.9 Å². The molecule has 3 rings (SSSR count). The minimum absolute atomic E-state index is 0.0810. The van der Waals surface area contributed by atoms with Gasteiger partial charge in [-0.05, 0) is 55.3 Å². The summed E-state index contributed by atoms with van der Waals surface area (Å²) >= 11 is 6.12. The van der Waals surface area contributed by atoms with Crippen molar-refractivity contribution in [3.8, 4) is 5.75 Å². The summed E-state index contributed by atoms with van der Waals surface area (Å²) in [4.78, 5) is 12.8. The van der Waals surface area contributed by atoms with Gasteiger partial charge in [-0.2, -0.15) is 0 Å². The van der Waals surface area contributed by atoms with Crippen LogP contribution in [0.4, 0.5) is 0 Å². The summed E-state index contributed by atoms with van der Waals surface area (Å²) in [6.45, 7) is 5.19. The lowest BCUT2D eigenvalue weighted by molar-refractivity contribution is 0.0941. The van der Waals surface area contributed by atoms with E-state index in [9.17, 15) is 4.79 Å². The van der Waals surface area contributed by atoms with Gasteiger partial charge in [0.2, 0.25) is 0 Å². The number of nitrogens with one attached hydrogen (secondary N) is 1. The van der Waals surface area contributed by atoms with Gasteiger partial charge in [-0.15, -0.1) is 0 Å². The van der Waals surface area contributed by atoms with Crippen LogP contribution in [0.5, 0.6) is 5.75 Å². The second-order valence-electron chi connectivity index (χ2n) is 5.91. The van der Waals surface area contributed by atoms with Crippen LogP contribution in [0.15, 0.2) is 42.5 Å². The summed E-state index contributed by atoms with van der Waals surface area (Å²) in [5.74, 6) is 0.719. The van der Waals surface area contributed by atoms with Crippen molar-refractivity contribution in [2.75, 3.05) is 7.11 Å². The van der Waals surface area contributed by atoms with E-state index in [-0.39, 0.29) is 5.91 Å². The fraction of sp³-hybridized carbons (Fsp3) is 0.250. The number of halogens is 1. The third kappa shape index (κ3) is 3.35. The standard InChI is InChI=1S/C20H21ClN2O2/c1-4-23-18-10-7-15(21)11-17(18)13(2)19(23)20(24)22-12-14-5-8-16(25-3)9-6-14/h5-11H,4,12H2,1-3H3,(H,22,24). The number of amides is 1. The molecule has 5 heteroatoms. The number of aryl methyl sites for hydroxylation is 2. The van der Waals surface area contributed by atoms with Crippen LogP contribution in [-0.4, -0.2) is 17.6 Å². The molecule has 0 saturated heterocycles. The highest BCUT2D eigenvalue weighted by atomic mass is 35.5. The predicted molar refractivity (Wildman–Crippen MR) is 102 cm³/mol. The first-order chi connectivity index (χ1) is 12.0. The molecule has 0 aliphatic heterocycles. The Labute approximate surface area is 152 Å². The van der Waals surface area contributed by atoms with E-state index >= 15 is 0 Å². The third-order valence-electron chi connectivity index (χ3n) is 4.42. The number of fused-ring (bicyclic) bond motifs is 1. The number of carbonyl (C=O) groups is 1. The van der Waals surface area contributed by atoms with Crippen molar-refractivity contribution < 1.29 is 9.53 Å². The maximum absolute atomic E-state index is 12.8. The number of ether oxygens (including phenoxy) is 1. The van der Waals surface area contributed by atoms with Gasteiger partial charge < -0.3 is 14.6 Å². The molecule has 2 aromatic carbocycles. The Hall–Kier alpha value is -2.46. The molecule has 1 heterocycles. The summed E-state index contributed by atoms with van der Waals surface area (Å²) in [6, 6.07) is 13.4. The Morgan fingerprint density at radius 1 is 1.20 bits per heavy atom. The molecule has 25 heavy (non-hydrogen) atoms. The highest BCUT2D eigenvalue weighted by molar-refractivity contribution is 6.31. The van der Waals surface area contributed by atoms with Crippen LogP contribution in [0, 0.1) is 6.92 Å². The van der Waals surface area contributed by atoms with Gasteiger partial charge in [0, 0.05) is 29.0 Å². The Kier molecular flexibility index (Phi) is 5.00. The molecule has 130 valence electrons. The average Bonchev–Trinajstić information content (AvgIpc) is 2.91. The number of nitrogens with zero attached hydrogens (tertiary/aromatic N) is 1. The van der Waals surface area contributed by atoms with Gasteiger partial charge in [-0.25, -0.2) is 0 Å². The average molecular weight is 357 g/mol. The van der Waals surface area contributed by atoms with Crippen LogP contribution in [-0.2, 0) is 13.1 Å². The van der Waals surface area contributed by atoms with Crippen molar-refractivity contribution in [1.82, 2.24) is 9.88 Å². The van der Waals surface area contributed by atoms with E-state index in [2.05, 4.69) is 5.32 Å². The number of methoxy groups -OCH3 is 1. The Balaban J connectivity index is 1.87.